The van der Waals surface area contributed by atoms with Crippen molar-refractivity contribution in [2.75, 3.05) is 0 Å². The Morgan fingerprint density at radius 3 is 2.56 bits per heavy atom. The van der Waals surface area contributed by atoms with Crippen molar-refractivity contribution in [1.29, 1.82) is 0 Å². The van der Waals surface area contributed by atoms with Crippen LogP contribution in [-0.2, 0) is 0 Å². The maximum atomic E-state index is 10.6. The zero-order chi connectivity index (χ0) is 12.5. The second kappa shape index (κ2) is 4.87. The van der Waals surface area contributed by atoms with Crippen molar-refractivity contribution in [3.05, 3.63) is 57.3 Å². The van der Waals surface area contributed by atoms with Crippen LogP contribution in [0.5, 0.6) is 0 Å². The van der Waals surface area contributed by atoms with E-state index in [9.17, 15) is 5.11 Å². The molecule has 1 aromatic heterocycles. The Bertz CT molecular complexity index is 540. The van der Waals surface area contributed by atoms with E-state index >= 15 is 0 Å². The molecule has 1 atom stereocenters. The molecule has 0 aliphatic heterocycles. The third-order valence-electron chi connectivity index (χ3n) is 4.03. The fourth-order valence-corrected chi connectivity index (χ4v) is 3.54. The third-order valence-corrected chi connectivity index (χ3v) is 4.91. The van der Waals surface area contributed by atoms with Crippen LogP contribution in [0.4, 0.5) is 0 Å². The lowest BCUT2D eigenvalue weighted by Gasteiger charge is -2.29. The second-order valence-corrected chi connectivity index (χ2v) is 5.91. The molecule has 94 valence electrons. The second-order valence-electron chi connectivity index (χ2n) is 5.17. The van der Waals surface area contributed by atoms with Gasteiger partial charge in [0.1, 0.15) is 6.10 Å². The number of aryl methyl sites for hydroxylation is 1. The average molecular weight is 258 g/mol. The van der Waals surface area contributed by atoms with E-state index in [4.69, 9.17) is 0 Å². The number of thiophene rings is 1. The highest BCUT2D eigenvalue weighted by molar-refractivity contribution is 7.08. The van der Waals surface area contributed by atoms with Gasteiger partial charge in [0.15, 0.2) is 0 Å². The highest BCUT2D eigenvalue weighted by Gasteiger charge is 2.25. The molecule has 1 aromatic carbocycles. The smallest absolute Gasteiger partial charge is 0.105 e. The molecule has 1 unspecified atom stereocenters. The molecule has 1 saturated carbocycles. The van der Waals surface area contributed by atoms with Gasteiger partial charge < -0.3 is 5.11 Å². The van der Waals surface area contributed by atoms with E-state index in [1.165, 1.54) is 30.4 Å². The van der Waals surface area contributed by atoms with Crippen LogP contribution >= 0.6 is 11.3 Å². The standard InChI is InChI=1S/C16H18OS/c1-11-9-18-10-15(11)16(17)14-8-3-2-7-13(14)12-5-4-6-12/h2-3,7-10,12,16-17H,4-6H2,1H3. The van der Waals surface area contributed by atoms with Crippen LogP contribution in [0.25, 0.3) is 0 Å². The number of rotatable bonds is 3. The molecule has 2 heteroatoms. The summed E-state index contributed by atoms with van der Waals surface area (Å²) in [6.45, 7) is 2.07. The zero-order valence-electron chi connectivity index (χ0n) is 10.6. The predicted molar refractivity (Wildman–Crippen MR) is 76.2 cm³/mol. The van der Waals surface area contributed by atoms with E-state index < -0.39 is 6.10 Å². The molecule has 0 saturated heterocycles. The Labute approximate surface area is 112 Å². The summed E-state index contributed by atoms with van der Waals surface area (Å²) >= 11 is 1.66. The number of hydrogen-bond donors (Lipinski definition) is 1. The quantitative estimate of drug-likeness (QED) is 0.864. The molecule has 1 aliphatic rings. The predicted octanol–water partition coefficient (Wildman–Crippen LogP) is 4.41. The minimum absolute atomic E-state index is 0.465. The highest BCUT2D eigenvalue weighted by Crippen LogP contribution is 2.41. The van der Waals surface area contributed by atoms with Gasteiger partial charge in [0.25, 0.3) is 0 Å². The van der Waals surface area contributed by atoms with E-state index in [-0.39, 0.29) is 0 Å². The van der Waals surface area contributed by atoms with Crippen LogP contribution in [0.15, 0.2) is 35.0 Å². The van der Waals surface area contributed by atoms with Gasteiger partial charge in [-0.1, -0.05) is 30.7 Å². The first kappa shape index (κ1) is 11.9. The normalized spacial score (nSPS) is 17.4. The van der Waals surface area contributed by atoms with Crippen molar-refractivity contribution < 1.29 is 5.11 Å². The van der Waals surface area contributed by atoms with Gasteiger partial charge >= 0.3 is 0 Å². The lowest BCUT2D eigenvalue weighted by Crippen LogP contribution is -2.13. The zero-order valence-corrected chi connectivity index (χ0v) is 11.4. The van der Waals surface area contributed by atoms with Gasteiger partial charge in [-0.15, -0.1) is 0 Å². The average Bonchev–Trinajstić information content (AvgIpc) is 2.73. The summed E-state index contributed by atoms with van der Waals surface area (Å²) in [5.41, 5.74) is 4.70. The van der Waals surface area contributed by atoms with Gasteiger partial charge in [-0.25, -0.2) is 0 Å². The van der Waals surface area contributed by atoms with Crippen molar-refractivity contribution in [1.82, 2.24) is 0 Å². The summed E-state index contributed by atoms with van der Waals surface area (Å²) in [7, 11) is 0. The molecule has 1 N–H and O–H groups in total. The first-order valence-electron chi connectivity index (χ1n) is 6.57. The molecule has 3 rings (SSSR count). The molecule has 0 spiro atoms. The lowest BCUT2D eigenvalue weighted by atomic mass is 9.77. The molecular formula is C16H18OS. The van der Waals surface area contributed by atoms with Crippen LogP contribution in [0.1, 0.15) is 53.5 Å². The van der Waals surface area contributed by atoms with Crippen LogP contribution < -0.4 is 0 Å². The molecule has 1 aliphatic carbocycles. The molecule has 1 nitrogen and oxygen atoms in total. The number of hydrogen-bond acceptors (Lipinski definition) is 2. The van der Waals surface area contributed by atoms with E-state index in [0.717, 1.165) is 11.1 Å². The maximum absolute atomic E-state index is 10.6. The van der Waals surface area contributed by atoms with Crippen molar-refractivity contribution in [2.24, 2.45) is 0 Å². The molecule has 18 heavy (non-hydrogen) atoms. The highest BCUT2D eigenvalue weighted by atomic mass is 32.1. The van der Waals surface area contributed by atoms with Crippen LogP contribution in [0.2, 0.25) is 0 Å². The Morgan fingerprint density at radius 1 is 1.17 bits per heavy atom. The fourth-order valence-electron chi connectivity index (χ4n) is 2.67. The molecule has 1 fully saturated rings. The minimum Gasteiger partial charge on any atom is -0.384 e. The fraction of sp³-hybridized carbons (Fsp3) is 0.375. The molecule has 0 bridgehead atoms. The Hall–Kier alpha value is -1.12. The van der Waals surface area contributed by atoms with Crippen molar-refractivity contribution in [3.8, 4) is 0 Å². The largest absolute Gasteiger partial charge is 0.384 e. The first-order valence-corrected chi connectivity index (χ1v) is 7.51. The van der Waals surface area contributed by atoms with Crippen molar-refractivity contribution in [3.63, 3.8) is 0 Å². The molecule has 1 heterocycles. The first-order chi connectivity index (χ1) is 8.77. The SMILES string of the molecule is Cc1cscc1C(O)c1ccccc1C1CCC1. The monoisotopic (exact) mass is 258 g/mol. The maximum Gasteiger partial charge on any atom is 0.105 e. The van der Waals surface area contributed by atoms with Gasteiger partial charge in [-0.3, -0.25) is 0 Å². The van der Waals surface area contributed by atoms with E-state index in [2.05, 4.69) is 35.9 Å². The molecule has 0 amide bonds. The molecular weight excluding hydrogens is 240 g/mol. The van der Waals surface area contributed by atoms with Crippen molar-refractivity contribution in [2.45, 2.75) is 38.2 Å². The van der Waals surface area contributed by atoms with E-state index in [1.54, 1.807) is 11.3 Å². The van der Waals surface area contributed by atoms with Crippen molar-refractivity contribution >= 4 is 11.3 Å². The van der Waals surface area contributed by atoms with Gasteiger partial charge in [0.2, 0.25) is 0 Å². The van der Waals surface area contributed by atoms with Gasteiger partial charge in [-0.05, 0) is 58.7 Å². The summed E-state index contributed by atoms with van der Waals surface area (Å²) < 4.78 is 0. The Balaban J connectivity index is 1.98. The lowest BCUT2D eigenvalue weighted by molar-refractivity contribution is 0.217. The Kier molecular flexibility index (Phi) is 3.23. The van der Waals surface area contributed by atoms with Crippen LogP contribution in [0.3, 0.4) is 0 Å². The topological polar surface area (TPSA) is 20.2 Å². The molecule has 2 aromatic rings. The Morgan fingerprint density at radius 2 is 1.94 bits per heavy atom. The molecule has 0 radical (unpaired) electrons. The summed E-state index contributed by atoms with van der Waals surface area (Å²) in [4.78, 5) is 0. The van der Waals surface area contributed by atoms with Gasteiger partial charge in [0.05, 0.1) is 0 Å². The third kappa shape index (κ3) is 2.00. The summed E-state index contributed by atoms with van der Waals surface area (Å²) in [6.07, 6.45) is 3.40. The number of aliphatic hydroxyl groups is 1. The number of benzene rings is 1. The van der Waals surface area contributed by atoms with Gasteiger partial charge in [0, 0.05) is 0 Å². The minimum atomic E-state index is -0.465. The van der Waals surface area contributed by atoms with E-state index in [0.29, 0.717) is 5.92 Å². The van der Waals surface area contributed by atoms with Crippen LogP contribution in [-0.4, -0.2) is 5.11 Å². The van der Waals surface area contributed by atoms with Gasteiger partial charge in [-0.2, -0.15) is 11.3 Å². The summed E-state index contributed by atoms with van der Waals surface area (Å²) in [5, 5.41) is 14.8. The summed E-state index contributed by atoms with van der Waals surface area (Å²) in [6, 6.07) is 8.38. The number of aliphatic hydroxyl groups excluding tert-OH is 1. The van der Waals surface area contributed by atoms with Crippen LogP contribution in [0, 0.1) is 6.92 Å². The van der Waals surface area contributed by atoms with E-state index in [1.807, 2.05) is 6.07 Å². The summed E-state index contributed by atoms with van der Waals surface area (Å²) in [5.74, 6) is 0.662.